The molecule has 0 unspecified atom stereocenters. The first-order valence-corrected chi connectivity index (χ1v) is 5.32. The monoisotopic (exact) mass is 216 g/mol. The van der Waals surface area contributed by atoms with Crippen LogP contribution in [0.5, 0.6) is 0 Å². The first-order chi connectivity index (χ1) is 6.73. The van der Waals surface area contributed by atoms with Crippen LogP contribution >= 0.6 is 11.8 Å². The van der Waals surface area contributed by atoms with Crippen molar-refractivity contribution in [1.29, 1.82) is 0 Å². The first-order valence-electron chi connectivity index (χ1n) is 4.51. The predicted octanol–water partition coefficient (Wildman–Crippen LogP) is -0.955. The molecule has 0 aromatic heterocycles. The van der Waals surface area contributed by atoms with E-state index in [1.807, 2.05) is 0 Å². The van der Waals surface area contributed by atoms with Crippen LogP contribution in [0.3, 0.4) is 0 Å². The highest BCUT2D eigenvalue weighted by Gasteiger charge is 2.51. The standard InChI is InChI=1S/C8H12N2O3S/c11-4-8(5-12)6(13)10-3-1-2-9-7(10)14-8/h11-12H,1-5H2. The number of aliphatic imine (C=N–C) groups is 1. The summed E-state index contributed by atoms with van der Waals surface area (Å²) in [7, 11) is 0. The summed E-state index contributed by atoms with van der Waals surface area (Å²) in [5.74, 6) is -0.217. The SMILES string of the molecule is O=C1N2CCCN=C2SC1(CO)CO. The molecule has 0 aliphatic carbocycles. The summed E-state index contributed by atoms with van der Waals surface area (Å²) in [5, 5.41) is 18.9. The van der Waals surface area contributed by atoms with Crippen molar-refractivity contribution in [3.8, 4) is 0 Å². The number of aliphatic hydroxyl groups excluding tert-OH is 2. The van der Waals surface area contributed by atoms with E-state index >= 15 is 0 Å². The summed E-state index contributed by atoms with van der Waals surface area (Å²) < 4.78 is -1.09. The van der Waals surface area contributed by atoms with E-state index in [0.717, 1.165) is 13.0 Å². The van der Waals surface area contributed by atoms with Crippen LogP contribution in [0.2, 0.25) is 0 Å². The van der Waals surface area contributed by atoms with Crippen LogP contribution in [0.4, 0.5) is 0 Å². The molecule has 2 N–H and O–H groups in total. The van der Waals surface area contributed by atoms with Gasteiger partial charge in [0.25, 0.3) is 0 Å². The van der Waals surface area contributed by atoms with Crippen molar-refractivity contribution in [2.24, 2.45) is 4.99 Å². The highest BCUT2D eigenvalue weighted by Crippen LogP contribution is 2.38. The minimum Gasteiger partial charge on any atom is -0.394 e. The predicted molar refractivity (Wildman–Crippen MR) is 53.1 cm³/mol. The summed E-state index contributed by atoms with van der Waals surface area (Å²) in [5.41, 5.74) is 0. The van der Waals surface area contributed by atoms with E-state index in [0.29, 0.717) is 11.7 Å². The van der Waals surface area contributed by atoms with Gasteiger partial charge in [0, 0.05) is 13.1 Å². The summed E-state index contributed by atoms with van der Waals surface area (Å²) in [6, 6.07) is 0. The van der Waals surface area contributed by atoms with E-state index in [9.17, 15) is 4.79 Å². The Labute approximate surface area is 85.8 Å². The lowest BCUT2D eigenvalue weighted by Crippen LogP contribution is -2.45. The molecule has 0 saturated carbocycles. The smallest absolute Gasteiger partial charge is 0.250 e. The summed E-state index contributed by atoms with van der Waals surface area (Å²) in [4.78, 5) is 17.6. The van der Waals surface area contributed by atoms with Crippen molar-refractivity contribution < 1.29 is 15.0 Å². The lowest BCUT2D eigenvalue weighted by molar-refractivity contribution is -0.131. The number of rotatable bonds is 2. The summed E-state index contributed by atoms with van der Waals surface area (Å²) in [6.45, 7) is 0.677. The third-order valence-corrected chi connectivity index (χ3v) is 3.81. The molecule has 2 rings (SSSR count). The van der Waals surface area contributed by atoms with Crippen molar-refractivity contribution in [3.63, 3.8) is 0 Å². The van der Waals surface area contributed by atoms with Crippen LogP contribution in [0.1, 0.15) is 6.42 Å². The minimum absolute atomic E-state index is 0.217. The molecular formula is C8H12N2O3S. The molecule has 0 aromatic rings. The van der Waals surface area contributed by atoms with Crippen LogP contribution < -0.4 is 0 Å². The van der Waals surface area contributed by atoms with Crippen molar-refractivity contribution in [2.45, 2.75) is 11.2 Å². The Hall–Kier alpha value is -0.590. The summed E-state index contributed by atoms with van der Waals surface area (Å²) in [6.07, 6.45) is 0.850. The molecule has 0 bridgehead atoms. The number of thioether (sulfide) groups is 1. The number of aliphatic hydroxyl groups is 2. The van der Waals surface area contributed by atoms with Gasteiger partial charge < -0.3 is 10.2 Å². The number of carbonyl (C=O) groups is 1. The third kappa shape index (κ3) is 1.25. The van der Waals surface area contributed by atoms with Crippen LogP contribution in [0, 0.1) is 0 Å². The second kappa shape index (κ2) is 3.52. The second-order valence-electron chi connectivity index (χ2n) is 3.39. The van der Waals surface area contributed by atoms with Gasteiger partial charge in [-0.05, 0) is 6.42 Å². The van der Waals surface area contributed by atoms with Crippen molar-refractivity contribution in [1.82, 2.24) is 4.90 Å². The Morgan fingerprint density at radius 2 is 2.21 bits per heavy atom. The van der Waals surface area contributed by atoms with Gasteiger partial charge in [-0.25, -0.2) is 0 Å². The van der Waals surface area contributed by atoms with E-state index in [2.05, 4.69) is 4.99 Å². The molecule has 2 heterocycles. The largest absolute Gasteiger partial charge is 0.394 e. The number of hydrogen-bond acceptors (Lipinski definition) is 5. The van der Waals surface area contributed by atoms with Crippen LogP contribution in [0.25, 0.3) is 0 Å². The van der Waals surface area contributed by atoms with Gasteiger partial charge in [-0.1, -0.05) is 11.8 Å². The van der Waals surface area contributed by atoms with Gasteiger partial charge in [-0.2, -0.15) is 0 Å². The highest BCUT2D eigenvalue weighted by molar-refractivity contribution is 8.16. The van der Waals surface area contributed by atoms with Gasteiger partial charge in [-0.15, -0.1) is 0 Å². The van der Waals surface area contributed by atoms with Gasteiger partial charge in [0.1, 0.15) is 4.75 Å². The Morgan fingerprint density at radius 3 is 2.79 bits per heavy atom. The maximum absolute atomic E-state index is 11.8. The zero-order chi connectivity index (χ0) is 10.2. The van der Waals surface area contributed by atoms with Gasteiger partial charge in [0.2, 0.25) is 5.91 Å². The van der Waals surface area contributed by atoms with E-state index in [-0.39, 0.29) is 19.1 Å². The number of hydrogen-bond donors (Lipinski definition) is 2. The molecule has 2 aliphatic rings. The van der Waals surface area contributed by atoms with Crippen molar-refractivity contribution in [3.05, 3.63) is 0 Å². The average molecular weight is 216 g/mol. The average Bonchev–Trinajstić information content (AvgIpc) is 2.53. The fraction of sp³-hybridized carbons (Fsp3) is 0.750. The molecule has 0 spiro atoms. The van der Waals surface area contributed by atoms with E-state index in [1.165, 1.54) is 11.8 Å². The number of nitrogens with zero attached hydrogens (tertiary/aromatic N) is 2. The van der Waals surface area contributed by atoms with Gasteiger partial charge in [0.15, 0.2) is 5.17 Å². The van der Waals surface area contributed by atoms with Crippen LogP contribution in [-0.4, -0.2) is 57.2 Å². The van der Waals surface area contributed by atoms with Crippen molar-refractivity contribution >= 4 is 22.8 Å². The topological polar surface area (TPSA) is 73.1 Å². The number of fused-ring (bicyclic) bond motifs is 1. The molecular weight excluding hydrogens is 204 g/mol. The molecule has 1 fully saturated rings. The first kappa shape index (κ1) is 9.95. The fourth-order valence-corrected chi connectivity index (χ4v) is 2.69. The Morgan fingerprint density at radius 1 is 1.50 bits per heavy atom. The quantitative estimate of drug-likeness (QED) is 0.624. The molecule has 2 aliphatic heterocycles. The van der Waals surface area contributed by atoms with Gasteiger partial charge in [-0.3, -0.25) is 14.7 Å². The van der Waals surface area contributed by atoms with Gasteiger partial charge >= 0.3 is 0 Å². The molecule has 0 atom stereocenters. The maximum Gasteiger partial charge on any atom is 0.250 e. The van der Waals surface area contributed by atoms with E-state index < -0.39 is 4.75 Å². The lowest BCUT2D eigenvalue weighted by Gasteiger charge is -2.21. The molecule has 0 aromatic carbocycles. The molecule has 1 amide bonds. The number of carbonyl (C=O) groups excluding carboxylic acids is 1. The number of amidine groups is 1. The van der Waals surface area contributed by atoms with Crippen LogP contribution in [-0.2, 0) is 4.79 Å². The van der Waals surface area contributed by atoms with Crippen molar-refractivity contribution in [2.75, 3.05) is 26.3 Å². The van der Waals surface area contributed by atoms with Gasteiger partial charge in [0.05, 0.1) is 13.2 Å². The Kier molecular flexibility index (Phi) is 2.50. The Bertz CT molecular complexity index is 288. The third-order valence-electron chi connectivity index (χ3n) is 2.45. The summed E-state index contributed by atoms with van der Waals surface area (Å²) >= 11 is 1.18. The Balaban J connectivity index is 2.30. The molecule has 1 saturated heterocycles. The minimum atomic E-state index is -1.09. The van der Waals surface area contributed by atoms with E-state index in [4.69, 9.17) is 10.2 Å². The molecule has 5 nitrogen and oxygen atoms in total. The highest BCUT2D eigenvalue weighted by atomic mass is 32.2. The lowest BCUT2D eigenvalue weighted by atomic mass is 10.1. The van der Waals surface area contributed by atoms with E-state index in [1.54, 1.807) is 4.90 Å². The van der Waals surface area contributed by atoms with Crippen LogP contribution in [0.15, 0.2) is 4.99 Å². The normalized spacial score (nSPS) is 24.9. The molecule has 78 valence electrons. The zero-order valence-electron chi connectivity index (χ0n) is 7.64. The molecule has 0 radical (unpaired) electrons. The zero-order valence-corrected chi connectivity index (χ0v) is 8.46. The molecule has 14 heavy (non-hydrogen) atoms. The second-order valence-corrected chi connectivity index (χ2v) is 4.74. The molecule has 6 heteroatoms. The fourth-order valence-electron chi connectivity index (χ4n) is 1.57. The number of amides is 1. The maximum atomic E-state index is 11.8.